The van der Waals surface area contributed by atoms with Crippen LogP contribution in [0.4, 0.5) is 0 Å². The summed E-state index contributed by atoms with van der Waals surface area (Å²) in [4.78, 5) is 12.7. The van der Waals surface area contributed by atoms with Crippen LogP contribution < -0.4 is 9.47 Å². The third-order valence-corrected chi connectivity index (χ3v) is 5.21. The summed E-state index contributed by atoms with van der Waals surface area (Å²) in [6.07, 6.45) is 0. The number of benzene rings is 2. The van der Waals surface area contributed by atoms with Crippen molar-refractivity contribution in [3.8, 4) is 17.2 Å². The quantitative estimate of drug-likeness (QED) is 0.457. The number of hydrogen-bond acceptors (Lipinski definition) is 7. The summed E-state index contributed by atoms with van der Waals surface area (Å²) < 4.78 is 12.1. The van der Waals surface area contributed by atoms with Crippen LogP contribution in [0.3, 0.4) is 0 Å². The van der Waals surface area contributed by atoms with Crippen molar-refractivity contribution in [3.63, 3.8) is 0 Å². The summed E-state index contributed by atoms with van der Waals surface area (Å²) in [5.74, 6) is 1.23. The van der Waals surface area contributed by atoms with E-state index in [1.807, 2.05) is 32.0 Å². The van der Waals surface area contributed by atoms with Crippen molar-refractivity contribution in [2.75, 3.05) is 20.0 Å². The van der Waals surface area contributed by atoms with E-state index in [0.717, 1.165) is 16.8 Å². The SMILES string of the molecule is COc1ccc(C(=O)CSc2nnnn2-c2cccc(C)c2C)c(OC)c1. The van der Waals surface area contributed by atoms with E-state index >= 15 is 0 Å². The molecule has 1 aromatic heterocycles. The monoisotopic (exact) mass is 384 g/mol. The van der Waals surface area contributed by atoms with Crippen LogP contribution in [0.5, 0.6) is 11.5 Å². The number of ketones is 1. The van der Waals surface area contributed by atoms with Gasteiger partial charge in [-0.2, -0.15) is 4.68 Å². The third kappa shape index (κ3) is 3.95. The molecule has 1 heterocycles. The molecule has 0 spiro atoms. The Morgan fingerprint density at radius 3 is 2.70 bits per heavy atom. The van der Waals surface area contributed by atoms with Crippen molar-refractivity contribution in [3.05, 3.63) is 53.1 Å². The van der Waals surface area contributed by atoms with E-state index in [0.29, 0.717) is 22.2 Å². The molecule has 0 saturated heterocycles. The fourth-order valence-corrected chi connectivity index (χ4v) is 3.39. The molecule has 27 heavy (non-hydrogen) atoms. The van der Waals surface area contributed by atoms with Gasteiger partial charge in [0.15, 0.2) is 5.78 Å². The molecule has 0 N–H and O–H groups in total. The smallest absolute Gasteiger partial charge is 0.214 e. The fourth-order valence-electron chi connectivity index (χ4n) is 2.62. The predicted molar refractivity (Wildman–Crippen MR) is 103 cm³/mol. The second kappa shape index (κ2) is 8.22. The Balaban J connectivity index is 1.80. The molecule has 0 bridgehead atoms. The largest absolute Gasteiger partial charge is 0.497 e. The zero-order valence-electron chi connectivity index (χ0n) is 15.6. The zero-order valence-corrected chi connectivity index (χ0v) is 16.4. The topological polar surface area (TPSA) is 79.1 Å². The van der Waals surface area contributed by atoms with Gasteiger partial charge in [-0.05, 0) is 53.6 Å². The lowest BCUT2D eigenvalue weighted by molar-refractivity contribution is 0.101. The molecule has 3 rings (SSSR count). The van der Waals surface area contributed by atoms with Gasteiger partial charge in [0.2, 0.25) is 5.16 Å². The number of methoxy groups -OCH3 is 2. The van der Waals surface area contributed by atoms with Crippen molar-refractivity contribution in [2.45, 2.75) is 19.0 Å². The van der Waals surface area contributed by atoms with E-state index in [1.165, 1.54) is 18.9 Å². The number of rotatable bonds is 7. The Hall–Kier alpha value is -2.87. The molecule has 7 nitrogen and oxygen atoms in total. The number of hydrogen-bond donors (Lipinski definition) is 0. The Bertz CT molecular complexity index is 971. The second-order valence-electron chi connectivity index (χ2n) is 5.87. The van der Waals surface area contributed by atoms with Gasteiger partial charge < -0.3 is 9.47 Å². The van der Waals surface area contributed by atoms with Gasteiger partial charge in [0.1, 0.15) is 11.5 Å². The van der Waals surface area contributed by atoms with E-state index in [9.17, 15) is 4.79 Å². The average Bonchev–Trinajstić information content (AvgIpc) is 3.16. The lowest BCUT2D eigenvalue weighted by atomic mass is 10.1. The number of aryl methyl sites for hydroxylation is 1. The number of Topliss-reactive ketones (excluding diaryl/α,β-unsaturated/α-hetero) is 1. The van der Waals surface area contributed by atoms with Crippen molar-refractivity contribution in [2.24, 2.45) is 0 Å². The molecule has 8 heteroatoms. The summed E-state index contributed by atoms with van der Waals surface area (Å²) in [6, 6.07) is 11.1. The van der Waals surface area contributed by atoms with Crippen molar-refractivity contribution < 1.29 is 14.3 Å². The summed E-state index contributed by atoms with van der Waals surface area (Å²) in [7, 11) is 3.10. The van der Waals surface area contributed by atoms with E-state index < -0.39 is 0 Å². The molecule has 0 aliphatic rings. The average molecular weight is 384 g/mol. The third-order valence-electron chi connectivity index (χ3n) is 4.29. The molecule has 3 aromatic rings. The van der Waals surface area contributed by atoms with Crippen LogP contribution in [0.15, 0.2) is 41.6 Å². The van der Waals surface area contributed by atoms with Gasteiger partial charge in [0.05, 0.1) is 31.2 Å². The van der Waals surface area contributed by atoms with Crippen LogP contribution >= 0.6 is 11.8 Å². The van der Waals surface area contributed by atoms with Gasteiger partial charge in [-0.3, -0.25) is 4.79 Å². The lowest BCUT2D eigenvalue weighted by Crippen LogP contribution is -2.07. The molecule has 0 amide bonds. The highest BCUT2D eigenvalue weighted by molar-refractivity contribution is 7.99. The van der Waals surface area contributed by atoms with E-state index in [4.69, 9.17) is 9.47 Å². The minimum atomic E-state index is -0.0741. The van der Waals surface area contributed by atoms with Crippen LogP contribution in [-0.4, -0.2) is 46.0 Å². The highest BCUT2D eigenvalue weighted by atomic mass is 32.2. The molecule has 0 unspecified atom stereocenters. The summed E-state index contributed by atoms with van der Waals surface area (Å²) >= 11 is 1.29. The van der Waals surface area contributed by atoms with Crippen molar-refractivity contribution in [1.29, 1.82) is 0 Å². The normalized spacial score (nSPS) is 10.7. The minimum absolute atomic E-state index is 0.0741. The van der Waals surface area contributed by atoms with Crippen LogP contribution in [0.25, 0.3) is 5.69 Å². The molecule has 2 aromatic carbocycles. The second-order valence-corrected chi connectivity index (χ2v) is 6.81. The zero-order chi connectivity index (χ0) is 19.4. The number of carbonyl (C=O) groups is 1. The summed E-state index contributed by atoms with van der Waals surface area (Å²) in [5, 5.41) is 12.5. The number of aromatic nitrogens is 4. The molecule has 0 aliphatic heterocycles. The molecule has 0 atom stereocenters. The molecule has 0 aliphatic carbocycles. The highest BCUT2D eigenvalue weighted by Crippen LogP contribution is 2.27. The van der Waals surface area contributed by atoms with Crippen LogP contribution in [0.2, 0.25) is 0 Å². The van der Waals surface area contributed by atoms with Gasteiger partial charge in [-0.25, -0.2) is 0 Å². The maximum absolute atomic E-state index is 12.7. The van der Waals surface area contributed by atoms with Crippen LogP contribution in [0, 0.1) is 13.8 Å². The Kier molecular flexibility index (Phi) is 5.75. The summed E-state index contributed by atoms with van der Waals surface area (Å²) in [5.41, 5.74) is 3.64. The van der Waals surface area contributed by atoms with Crippen molar-refractivity contribution >= 4 is 17.5 Å². The number of thioether (sulfide) groups is 1. The number of ether oxygens (including phenoxy) is 2. The van der Waals surface area contributed by atoms with E-state index in [1.54, 1.807) is 30.0 Å². The first-order valence-electron chi connectivity index (χ1n) is 8.28. The molecular formula is C19H20N4O3S. The number of carbonyl (C=O) groups excluding carboxylic acids is 1. The maximum Gasteiger partial charge on any atom is 0.214 e. The Morgan fingerprint density at radius 2 is 1.96 bits per heavy atom. The number of nitrogens with zero attached hydrogens (tertiary/aromatic N) is 4. The predicted octanol–water partition coefficient (Wildman–Crippen LogP) is 3.27. The Labute approximate surface area is 161 Å². The molecule has 0 fully saturated rings. The first-order valence-corrected chi connectivity index (χ1v) is 9.26. The van der Waals surface area contributed by atoms with Gasteiger partial charge in [0, 0.05) is 6.07 Å². The molecular weight excluding hydrogens is 364 g/mol. The Morgan fingerprint density at radius 1 is 1.15 bits per heavy atom. The van der Waals surface area contributed by atoms with Gasteiger partial charge in [-0.15, -0.1) is 5.10 Å². The van der Waals surface area contributed by atoms with Gasteiger partial charge in [0.25, 0.3) is 0 Å². The van der Waals surface area contributed by atoms with E-state index in [2.05, 4.69) is 15.5 Å². The lowest BCUT2D eigenvalue weighted by Gasteiger charge is -2.10. The minimum Gasteiger partial charge on any atom is -0.497 e. The molecule has 140 valence electrons. The molecule has 0 radical (unpaired) electrons. The first kappa shape index (κ1) is 18.9. The van der Waals surface area contributed by atoms with Crippen LogP contribution in [0.1, 0.15) is 21.5 Å². The van der Waals surface area contributed by atoms with Gasteiger partial charge in [-0.1, -0.05) is 23.9 Å². The molecule has 0 saturated carbocycles. The summed E-state index contributed by atoms with van der Waals surface area (Å²) in [6.45, 7) is 4.06. The van der Waals surface area contributed by atoms with Crippen LogP contribution in [-0.2, 0) is 0 Å². The van der Waals surface area contributed by atoms with E-state index in [-0.39, 0.29) is 11.5 Å². The number of tetrazole rings is 1. The highest BCUT2D eigenvalue weighted by Gasteiger charge is 2.17. The first-order chi connectivity index (χ1) is 13.0. The standard InChI is InChI=1S/C19H20N4O3S/c1-12-6-5-7-16(13(12)2)23-19(20-21-22-23)27-11-17(24)15-9-8-14(25-3)10-18(15)26-4/h5-10H,11H2,1-4H3. The van der Waals surface area contributed by atoms with Crippen molar-refractivity contribution in [1.82, 2.24) is 20.2 Å². The fraction of sp³-hybridized carbons (Fsp3) is 0.263. The van der Waals surface area contributed by atoms with Gasteiger partial charge >= 0.3 is 0 Å². The maximum atomic E-state index is 12.7.